The highest BCUT2D eigenvalue weighted by Crippen LogP contribution is 2.33. The van der Waals surface area contributed by atoms with Crippen molar-refractivity contribution >= 4 is 53.9 Å². The van der Waals surface area contributed by atoms with E-state index in [1.807, 2.05) is 23.1 Å². The minimum absolute atomic E-state index is 0. The number of hydrogen-bond donors (Lipinski definition) is 0. The quantitative estimate of drug-likeness (QED) is 0.303. The zero-order chi connectivity index (χ0) is 26.5. The number of halogens is 5. The highest BCUT2D eigenvalue weighted by Gasteiger charge is 2.34. The Hall–Kier alpha value is -1.08. The lowest BCUT2D eigenvalue weighted by molar-refractivity contribution is -0.138. The van der Waals surface area contributed by atoms with Crippen LogP contribution in [0.25, 0.3) is 0 Å². The van der Waals surface area contributed by atoms with Crippen LogP contribution >= 0.6 is 48.0 Å². The van der Waals surface area contributed by atoms with E-state index >= 15 is 0 Å². The van der Waals surface area contributed by atoms with Gasteiger partial charge in [0, 0.05) is 29.7 Å². The summed E-state index contributed by atoms with van der Waals surface area (Å²) >= 11 is 12.7. The molecule has 9 heteroatoms. The second-order valence-electron chi connectivity index (χ2n) is 11.3. The summed E-state index contributed by atoms with van der Waals surface area (Å²) in [7, 11) is 0. The molecule has 2 aromatic carbocycles. The topological polar surface area (TPSA) is 26.8 Å². The molecule has 2 aromatic rings. The highest BCUT2D eigenvalue weighted by atomic mass is 35.5. The van der Waals surface area contributed by atoms with Crippen LogP contribution in [0.2, 0.25) is 10.0 Å². The van der Waals surface area contributed by atoms with E-state index in [0.29, 0.717) is 35.5 Å². The molecular formula is C31H42Cl4FN3O. The molecule has 5 rings (SSSR count). The number of carbonyl (C=O) groups is 1. The average molecular weight is 634 g/mol. The van der Waals surface area contributed by atoms with Gasteiger partial charge in [0.1, 0.15) is 5.82 Å². The van der Waals surface area contributed by atoms with Crippen molar-refractivity contribution in [2.75, 3.05) is 45.8 Å². The predicted octanol–water partition coefficient (Wildman–Crippen LogP) is 7.42. The van der Waals surface area contributed by atoms with Crippen LogP contribution in [0, 0.1) is 5.82 Å². The van der Waals surface area contributed by atoms with Crippen molar-refractivity contribution in [3.05, 3.63) is 69.0 Å². The second-order valence-corrected chi connectivity index (χ2v) is 12.1. The van der Waals surface area contributed by atoms with Crippen molar-refractivity contribution in [2.24, 2.45) is 0 Å². The SMILES string of the molecule is Cl.Cl.O=C([C@@H](Cc1ccc(Cl)cc1Cl)N1CCCCC1)N1CCC(c2cc(F)ccc2CCN2CCCC2)CC1. The average Bonchev–Trinajstić information content (AvgIpc) is 3.46. The Labute approximate surface area is 261 Å². The molecule has 3 aliphatic heterocycles. The molecule has 0 bridgehead atoms. The summed E-state index contributed by atoms with van der Waals surface area (Å²) in [4.78, 5) is 20.9. The van der Waals surface area contributed by atoms with Gasteiger partial charge in [-0.15, -0.1) is 24.8 Å². The molecule has 0 unspecified atom stereocenters. The predicted molar refractivity (Wildman–Crippen MR) is 168 cm³/mol. The van der Waals surface area contributed by atoms with Gasteiger partial charge in [0.2, 0.25) is 5.91 Å². The first-order valence-electron chi connectivity index (χ1n) is 14.5. The van der Waals surface area contributed by atoms with Crippen LogP contribution in [-0.4, -0.2) is 72.5 Å². The molecule has 1 amide bonds. The van der Waals surface area contributed by atoms with E-state index in [0.717, 1.165) is 62.9 Å². The molecule has 40 heavy (non-hydrogen) atoms. The standard InChI is InChI=1S/C31H40Cl2FN3O.2ClH/c32-26-8-6-25(29(33)21-26)20-30(36-15-2-1-3-16-36)31(38)37-18-11-24(12-19-37)28-22-27(34)9-7-23(28)10-17-35-13-4-5-14-35;;/h6-9,21-22,24,30H,1-5,10-20H2;2*1H/t30-;;/m1../s1. The summed E-state index contributed by atoms with van der Waals surface area (Å²) in [5, 5.41) is 1.23. The Morgan fingerprint density at radius 1 is 0.850 bits per heavy atom. The number of likely N-dealkylation sites (tertiary alicyclic amines) is 3. The molecule has 0 saturated carbocycles. The monoisotopic (exact) mass is 631 g/mol. The van der Waals surface area contributed by atoms with E-state index in [1.165, 1.54) is 37.9 Å². The van der Waals surface area contributed by atoms with Crippen LogP contribution in [-0.2, 0) is 17.6 Å². The van der Waals surface area contributed by atoms with Crippen molar-refractivity contribution in [1.82, 2.24) is 14.7 Å². The summed E-state index contributed by atoms with van der Waals surface area (Å²) < 4.78 is 14.3. The maximum Gasteiger partial charge on any atom is 0.240 e. The third kappa shape index (κ3) is 8.49. The molecule has 3 aliphatic rings. The molecule has 0 N–H and O–H groups in total. The fraction of sp³-hybridized carbons (Fsp3) is 0.581. The Morgan fingerprint density at radius 2 is 1.50 bits per heavy atom. The number of nitrogens with zero attached hydrogens (tertiary/aromatic N) is 3. The first kappa shape index (κ1) is 33.4. The van der Waals surface area contributed by atoms with E-state index in [4.69, 9.17) is 23.2 Å². The molecule has 0 spiro atoms. The van der Waals surface area contributed by atoms with Crippen LogP contribution in [0.3, 0.4) is 0 Å². The van der Waals surface area contributed by atoms with E-state index in [2.05, 4.69) is 9.80 Å². The van der Waals surface area contributed by atoms with Gasteiger partial charge < -0.3 is 9.80 Å². The Bertz CT molecular complexity index is 1100. The van der Waals surface area contributed by atoms with Crippen LogP contribution in [0.15, 0.2) is 36.4 Å². The minimum atomic E-state index is -0.212. The molecule has 0 radical (unpaired) electrons. The summed E-state index contributed by atoms with van der Waals surface area (Å²) in [6.45, 7) is 6.71. The molecule has 0 aromatic heterocycles. The van der Waals surface area contributed by atoms with Crippen LogP contribution < -0.4 is 0 Å². The molecule has 222 valence electrons. The molecule has 3 fully saturated rings. The molecule has 4 nitrogen and oxygen atoms in total. The second kappa shape index (κ2) is 16.0. The van der Waals surface area contributed by atoms with Gasteiger partial charge in [0.25, 0.3) is 0 Å². The highest BCUT2D eigenvalue weighted by molar-refractivity contribution is 6.35. The number of hydrogen-bond acceptors (Lipinski definition) is 3. The van der Waals surface area contributed by atoms with E-state index in [-0.39, 0.29) is 42.6 Å². The zero-order valence-electron chi connectivity index (χ0n) is 23.1. The lowest BCUT2D eigenvalue weighted by atomic mass is 9.85. The number of carbonyl (C=O) groups excluding carboxylic acids is 1. The van der Waals surface area contributed by atoms with Gasteiger partial charge in [0.05, 0.1) is 6.04 Å². The molecule has 3 heterocycles. The minimum Gasteiger partial charge on any atom is -0.341 e. The van der Waals surface area contributed by atoms with Crippen molar-refractivity contribution in [1.29, 1.82) is 0 Å². The van der Waals surface area contributed by atoms with E-state index in [9.17, 15) is 9.18 Å². The van der Waals surface area contributed by atoms with Gasteiger partial charge in [-0.05, 0) is 124 Å². The molecule has 0 aliphatic carbocycles. The molecular weight excluding hydrogens is 591 g/mol. The van der Waals surface area contributed by atoms with Crippen LogP contribution in [0.4, 0.5) is 4.39 Å². The maximum atomic E-state index is 14.3. The normalized spacial score (nSPS) is 19.6. The fourth-order valence-corrected chi connectivity index (χ4v) is 7.06. The first-order chi connectivity index (χ1) is 18.5. The number of piperidine rings is 2. The van der Waals surface area contributed by atoms with Crippen molar-refractivity contribution in [2.45, 2.75) is 69.7 Å². The Balaban J connectivity index is 0.00000220. The van der Waals surface area contributed by atoms with Crippen molar-refractivity contribution < 1.29 is 9.18 Å². The van der Waals surface area contributed by atoms with E-state index < -0.39 is 0 Å². The summed E-state index contributed by atoms with van der Waals surface area (Å²) in [6, 6.07) is 10.7. The van der Waals surface area contributed by atoms with Gasteiger partial charge in [-0.25, -0.2) is 4.39 Å². The number of rotatable bonds is 8. The van der Waals surface area contributed by atoms with E-state index in [1.54, 1.807) is 18.2 Å². The van der Waals surface area contributed by atoms with Crippen LogP contribution in [0.5, 0.6) is 0 Å². The fourth-order valence-electron chi connectivity index (χ4n) is 6.58. The Morgan fingerprint density at radius 3 is 2.17 bits per heavy atom. The van der Waals surface area contributed by atoms with Gasteiger partial charge in [-0.2, -0.15) is 0 Å². The Kier molecular flexibility index (Phi) is 13.3. The van der Waals surface area contributed by atoms with Crippen molar-refractivity contribution in [3.63, 3.8) is 0 Å². The molecule has 3 saturated heterocycles. The van der Waals surface area contributed by atoms with Crippen LogP contribution in [0.1, 0.15) is 67.6 Å². The lowest BCUT2D eigenvalue weighted by Gasteiger charge is -2.39. The largest absolute Gasteiger partial charge is 0.341 e. The summed E-state index contributed by atoms with van der Waals surface area (Å²) in [5.74, 6) is 0.334. The first-order valence-corrected chi connectivity index (χ1v) is 15.2. The smallest absolute Gasteiger partial charge is 0.240 e. The lowest BCUT2D eigenvalue weighted by Crippen LogP contribution is -2.53. The third-order valence-electron chi connectivity index (χ3n) is 8.80. The number of benzene rings is 2. The number of amides is 1. The van der Waals surface area contributed by atoms with Crippen molar-refractivity contribution in [3.8, 4) is 0 Å². The molecule has 1 atom stereocenters. The summed E-state index contributed by atoms with van der Waals surface area (Å²) in [6.07, 6.45) is 9.35. The van der Waals surface area contributed by atoms with Gasteiger partial charge in [0.15, 0.2) is 0 Å². The summed E-state index contributed by atoms with van der Waals surface area (Å²) in [5.41, 5.74) is 3.39. The zero-order valence-corrected chi connectivity index (χ0v) is 26.3. The van der Waals surface area contributed by atoms with Gasteiger partial charge in [-0.3, -0.25) is 9.69 Å². The maximum absolute atomic E-state index is 14.3. The third-order valence-corrected chi connectivity index (χ3v) is 9.38. The van der Waals surface area contributed by atoms with Gasteiger partial charge in [-0.1, -0.05) is 41.8 Å². The van der Waals surface area contributed by atoms with Gasteiger partial charge >= 0.3 is 0 Å².